The normalized spacial score (nSPS) is 10.1. The summed E-state index contributed by atoms with van der Waals surface area (Å²) in [7, 11) is 0. The van der Waals surface area contributed by atoms with E-state index in [1.54, 1.807) is 6.07 Å². The summed E-state index contributed by atoms with van der Waals surface area (Å²) in [6, 6.07) is 3.47. The molecule has 1 N–H and O–H groups in total. The fourth-order valence-corrected chi connectivity index (χ4v) is 1.90. The predicted molar refractivity (Wildman–Crippen MR) is 58.7 cm³/mol. The van der Waals surface area contributed by atoms with Crippen LogP contribution in [0.1, 0.15) is 10.4 Å². The molecule has 0 saturated heterocycles. The average molecular weight is 272 g/mol. The maximum absolute atomic E-state index is 11.5. The van der Waals surface area contributed by atoms with E-state index in [0.717, 1.165) is 5.69 Å². The van der Waals surface area contributed by atoms with Gasteiger partial charge in [-0.1, -0.05) is 0 Å². The third-order valence-corrected chi connectivity index (χ3v) is 2.71. The Hall–Kier alpha value is -1.07. The lowest BCUT2D eigenvalue weighted by molar-refractivity contribution is 0.102. The average Bonchev–Trinajstić information content (AvgIpc) is 2.75. The Kier molecular flexibility index (Phi) is 2.69. The van der Waals surface area contributed by atoms with Crippen LogP contribution in [0.2, 0.25) is 0 Å². The molecule has 0 saturated carbocycles. The van der Waals surface area contributed by atoms with E-state index in [4.69, 9.17) is 4.42 Å². The maximum Gasteiger partial charge on any atom is 0.258 e. The summed E-state index contributed by atoms with van der Waals surface area (Å²) in [5.41, 5.74) is 1.31. The van der Waals surface area contributed by atoms with Crippen LogP contribution in [0.3, 0.4) is 0 Å². The van der Waals surface area contributed by atoms with Crippen LogP contribution in [0.15, 0.2) is 38.2 Å². The zero-order valence-corrected chi connectivity index (χ0v) is 9.39. The van der Waals surface area contributed by atoms with Crippen LogP contribution >= 0.6 is 27.3 Å². The molecule has 2 rings (SSSR count). The van der Waals surface area contributed by atoms with Gasteiger partial charge in [0.15, 0.2) is 4.67 Å². The van der Waals surface area contributed by atoms with Gasteiger partial charge < -0.3 is 9.73 Å². The monoisotopic (exact) mass is 271 g/mol. The highest BCUT2D eigenvalue weighted by atomic mass is 79.9. The molecule has 0 unspecified atom stereocenters. The molecule has 72 valence electrons. The number of amides is 1. The Balaban J connectivity index is 2.10. The van der Waals surface area contributed by atoms with Gasteiger partial charge in [0.1, 0.15) is 6.26 Å². The number of halogens is 1. The molecule has 0 aliphatic heterocycles. The minimum absolute atomic E-state index is 0.169. The molecule has 0 radical (unpaired) electrons. The minimum Gasteiger partial charge on any atom is -0.457 e. The molecule has 14 heavy (non-hydrogen) atoms. The van der Waals surface area contributed by atoms with Gasteiger partial charge in [0.25, 0.3) is 5.91 Å². The smallest absolute Gasteiger partial charge is 0.258 e. The lowest BCUT2D eigenvalue weighted by atomic mass is 10.3. The fourth-order valence-electron chi connectivity index (χ4n) is 0.968. The predicted octanol–water partition coefficient (Wildman–Crippen LogP) is 3.36. The molecular formula is C9H6BrNO2S. The van der Waals surface area contributed by atoms with E-state index in [-0.39, 0.29) is 5.91 Å². The van der Waals surface area contributed by atoms with Crippen molar-refractivity contribution in [1.82, 2.24) is 0 Å². The minimum atomic E-state index is -0.169. The van der Waals surface area contributed by atoms with Crippen molar-refractivity contribution in [2.75, 3.05) is 5.32 Å². The summed E-state index contributed by atoms with van der Waals surface area (Å²) in [5, 5.41) is 6.51. The Morgan fingerprint density at radius 1 is 1.57 bits per heavy atom. The van der Waals surface area contributed by atoms with Gasteiger partial charge in [0.2, 0.25) is 0 Å². The number of thiophene rings is 1. The highest BCUT2D eigenvalue weighted by molar-refractivity contribution is 9.10. The quantitative estimate of drug-likeness (QED) is 0.910. The number of hydrogen-bond donors (Lipinski definition) is 1. The van der Waals surface area contributed by atoms with Gasteiger partial charge >= 0.3 is 0 Å². The standard InChI is InChI=1S/C9H6BrNO2S/c10-8-3-6(4-13-8)9(12)11-7-1-2-14-5-7/h1-5H,(H,11,12). The molecule has 0 bridgehead atoms. The van der Waals surface area contributed by atoms with E-state index in [2.05, 4.69) is 21.2 Å². The Morgan fingerprint density at radius 2 is 2.43 bits per heavy atom. The molecule has 2 aromatic rings. The van der Waals surface area contributed by atoms with Crippen LogP contribution in [0.5, 0.6) is 0 Å². The molecular weight excluding hydrogens is 266 g/mol. The number of rotatable bonds is 2. The van der Waals surface area contributed by atoms with E-state index >= 15 is 0 Å². The van der Waals surface area contributed by atoms with Gasteiger partial charge in [-0.05, 0) is 27.4 Å². The highest BCUT2D eigenvalue weighted by Gasteiger charge is 2.09. The zero-order valence-electron chi connectivity index (χ0n) is 6.99. The van der Waals surface area contributed by atoms with Crippen molar-refractivity contribution in [3.05, 3.63) is 39.4 Å². The number of hydrogen-bond acceptors (Lipinski definition) is 3. The number of nitrogens with one attached hydrogen (secondary N) is 1. The van der Waals surface area contributed by atoms with Crippen molar-refractivity contribution in [2.45, 2.75) is 0 Å². The van der Waals surface area contributed by atoms with Crippen molar-refractivity contribution in [3.63, 3.8) is 0 Å². The molecule has 0 atom stereocenters. The molecule has 0 fully saturated rings. The van der Waals surface area contributed by atoms with E-state index in [1.807, 2.05) is 16.8 Å². The first-order valence-electron chi connectivity index (χ1n) is 3.83. The van der Waals surface area contributed by atoms with Crippen LogP contribution in [-0.4, -0.2) is 5.91 Å². The Morgan fingerprint density at radius 3 is 3.00 bits per heavy atom. The van der Waals surface area contributed by atoms with Gasteiger partial charge in [-0.15, -0.1) is 0 Å². The van der Waals surface area contributed by atoms with Crippen LogP contribution < -0.4 is 5.32 Å². The first-order chi connectivity index (χ1) is 6.75. The second kappa shape index (κ2) is 3.98. The molecule has 1 amide bonds. The Labute approximate surface area is 92.9 Å². The van der Waals surface area contributed by atoms with Crippen LogP contribution in [0.4, 0.5) is 5.69 Å². The first-order valence-corrected chi connectivity index (χ1v) is 5.57. The molecule has 3 nitrogen and oxygen atoms in total. The largest absolute Gasteiger partial charge is 0.457 e. The summed E-state index contributed by atoms with van der Waals surface area (Å²) in [4.78, 5) is 11.5. The van der Waals surface area contributed by atoms with Crippen LogP contribution in [0, 0.1) is 0 Å². The molecule has 0 aliphatic rings. The lowest BCUT2D eigenvalue weighted by Gasteiger charge is -1.97. The van der Waals surface area contributed by atoms with Crippen molar-refractivity contribution < 1.29 is 9.21 Å². The summed E-state index contributed by atoms with van der Waals surface area (Å²) >= 11 is 4.67. The van der Waals surface area contributed by atoms with Crippen LogP contribution in [-0.2, 0) is 0 Å². The first kappa shape index (κ1) is 9.48. The van der Waals surface area contributed by atoms with Crippen molar-refractivity contribution in [2.24, 2.45) is 0 Å². The van der Waals surface area contributed by atoms with Crippen molar-refractivity contribution in [3.8, 4) is 0 Å². The third kappa shape index (κ3) is 2.05. The van der Waals surface area contributed by atoms with Gasteiger partial charge in [-0.3, -0.25) is 4.79 Å². The second-order valence-electron chi connectivity index (χ2n) is 2.61. The van der Waals surface area contributed by atoms with E-state index < -0.39 is 0 Å². The van der Waals surface area contributed by atoms with E-state index in [0.29, 0.717) is 10.2 Å². The SMILES string of the molecule is O=C(Nc1ccsc1)c1coc(Br)c1. The van der Waals surface area contributed by atoms with Crippen molar-refractivity contribution >= 4 is 38.9 Å². The number of carbonyl (C=O) groups is 1. The third-order valence-electron chi connectivity index (χ3n) is 1.61. The molecule has 2 aromatic heterocycles. The molecule has 0 spiro atoms. The fraction of sp³-hybridized carbons (Fsp3) is 0. The molecule has 0 aromatic carbocycles. The topological polar surface area (TPSA) is 42.2 Å². The van der Waals surface area contributed by atoms with Gasteiger partial charge in [0, 0.05) is 11.4 Å². The summed E-state index contributed by atoms with van der Waals surface area (Å²) in [6.07, 6.45) is 1.41. The van der Waals surface area contributed by atoms with Gasteiger partial charge in [-0.25, -0.2) is 0 Å². The zero-order chi connectivity index (χ0) is 9.97. The second-order valence-corrected chi connectivity index (χ2v) is 4.17. The maximum atomic E-state index is 11.5. The highest BCUT2D eigenvalue weighted by Crippen LogP contribution is 2.17. The number of carbonyl (C=O) groups excluding carboxylic acids is 1. The number of anilines is 1. The lowest BCUT2D eigenvalue weighted by Crippen LogP contribution is -2.09. The summed E-state index contributed by atoms with van der Waals surface area (Å²) < 4.78 is 5.51. The molecule has 2 heterocycles. The van der Waals surface area contributed by atoms with Crippen LogP contribution in [0.25, 0.3) is 0 Å². The van der Waals surface area contributed by atoms with Gasteiger partial charge in [0.05, 0.1) is 11.3 Å². The number of furan rings is 1. The molecule has 5 heteroatoms. The Bertz CT molecular complexity index is 435. The van der Waals surface area contributed by atoms with Crippen molar-refractivity contribution in [1.29, 1.82) is 0 Å². The summed E-state index contributed by atoms with van der Waals surface area (Å²) in [5.74, 6) is -0.169. The van der Waals surface area contributed by atoms with E-state index in [1.165, 1.54) is 17.6 Å². The summed E-state index contributed by atoms with van der Waals surface area (Å²) in [6.45, 7) is 0. The van der Waals surface area contributed by atoms with Gasteiger partial charge in [-0.2, -0.15) is 11.3 Å². The van der Waals surface area contributed by atoms with E-state index in [9.17, 15) is 4.79 Å². The molecule has 0 aliphatic carbocycles.